The van der Waals surface area contributed by atoms with Crippen molar-refractivity contribution in [1.29, 1.82) is 0 Å². The largest absolute Gasteiger partial charge is 0.444 e. The summed E-state index contributed by atoms with van der Waals surface area (Å²) in [7, 11) is 0. The van der Waals surface area contributed by atoms with Crippen LogP contribution in [0.2, 0.25) is 0 Å². The van der Waals surface area contributed by atoms with Gasteiger partial charge in [-0.05, 0) is 44.9 Å². The van der Waals surface area contributed by atoms with Gasteiger partial charge in [0.15, 0.2) is 0 Å². The molecule has 1 amide bonds. The Hall–Kier alpha value is -2.30. The highest BCUT2D eigenvalue weighted by Crippen LogP contribution is 2.28. The van der Waals surface area contributed by atoms with Gasteiger partial charge < -0.3 is 14.6 Å². The molecule has 2 aromatic rings. The molecule has 0 fully saturated rings. The number of hydrogen-bond acceptors (Lipinski definition) is 3. The topological polar surface area (TPSA) is 58.2 Å². The van der Waals surface area contributed by atoms with Gasteiger partial charge >= 0.3 is 6.09 Å². The third kappa shape index (κ3) is 2.98. The van der Waals surface area contributed by atoms with Crippen LogP contribution < -0.4 is 0 Å². The highest BCUT2D eigenvalue weighted by molar-refractivity contribution is 5.89. The number of pyridine rings is 1. The van der Waals surface area contributed by atoms with Gasteiger partial charge in [0.25, 0.3) is 0 Å². The second-order valence-electron chi connectivity index (χ2n) is 6.51. The van der Waals surface area contributed by atoms with Gasteiger partial charge in [-0.25, -0.2) is 4.79 Å². The number of fused-ring (bicyclic) bond motifs is 1. The van der Waals surface area contributed by atoms with Crippen LogP contribution in [0.3, 0.4) is 0 Å². The van der Waals surface area contributed by atoms with Crippen LogP contribution in [0, 0.1) is 0 Å². The lowest BCUT2D eigenvalue weighted by Gasteiger charge is -2.29. The SMILES string of the molecule is CC(C)(C)OC(=O)N1CC=C(c2c[nH]c3cccnc23)CC1. The molecule has 0 saturated heterocycles. The molecular weight excluding hydrogens is 278 g/mol. The van der Waals surface area contributed by atoms with E-state index >= 15 is 0 Å². The molecule has 2 aromatic heterocycles. The number of H-pyrrole nitrogens is 1. The minimum absolute atomic E-state index is 0.250. The molecule has 0 radical (unpaired) electrons. The molecule has 0 unspecified atom stereocenters. The standard InChI is InChI=1S/C17H21N3O2/c1-17(2,3)22-16(21)20-9-6-12(7-10-20)13-11-19-14-5-4-8-18-15(13)14/h4-6,8,11,19H,7,9-10H2,1-3H3. The summed E-state index contributed by atoms with van der Waals surface area (Å²) in [6.07, 6.45) is 6.44. The first-order valence-corrected chi connectivity index (χ1v) is 7.53. The van der Waals surface area contributed by atoms with E-state index in [4.69, 9.17) is 4.74 Å². The van der Waals surface area contributed by atoms with Crippen LogP contribution in [0.4, 0.5) is 4.79 Å². The Kier molecular flexibility index (Phi) is 3.64. The molecule has 3 rings (SSSR count). The van der Waals surface area contributed by atoms with Gasteiger partial charge in [-0.1, -0.05) is 6.08 Å². The van der Waals surface area contributed by atoms with Gasteiger partial charge in [0.2, 0.25) is 0 Å². The lowest BCUT2D eigenvalue weighted by atomic mass is 10.0. The monoisotopic (exact) mass is 299 g/mol. The van der Waals surface area contributed by atoms with Gasteiger partial charge in [-0.2, -0.15) is 0 Å². The zero-order valence-corrected chi connectivity index (χ0v) is 13.2. The van der Waals surface area contributed by atoms with Crippen LogP contribution in [0.1, 0.15) is 32.8 Å². The van der Waals surface area contributed by atoms with Crippen LogP contribution in [0.5, 0.6) is 0 Å². The predicted molar refractivity (Wildman–Crippen MR) is 86.5 cm³/mol. The molecular formula is C17H21N3O2. The van der Waals surface area contributed by atoms with E-state index in [1.165, 1.54) is 5.57 Å². The molecule has 1 aliphatic heterocycles. The van der Waals surface area contributed by atoms with E-state index < -0.39 is 5.60 Å². The number of amides is 1. The van der Waals surface area contributed by atoms with Crippen LogP contribution in [-0.4, -0.2) is 39.7 Å². The number of nitrogens with zero attached hydrogens (tertiary/aromatic N) is 2. The van der Waals surface area contributed by atoms with E-state index in [9.17, 15) is 4.79 Å². The van der Waals surface area contributed by atoms with Crippen molar-refractivity contribution in [3.05, 3.63) is 36.2 Å². The summed E-state index contributed by atoms with van der Waals surface area (Å²) in [5.74, 6) is 0. The van der Waals surface area contributed by atoms with E-state index in [1.807, 2.05) is 39.1 Å². The zero-order chi connectivity index (χ0) is 15.7. The molecule has 0 atom stereocenters. The predicted octanol–water partition coefficient (Wildman–Crippen LogP) is 3.59. The fourth-order valence-corrected chi connectivity index (χ4v) is 2.61. The fourth-order valence-electron chi connectivity index (χ4n) is 2.61. The summed E-state index contributed by atoms with van der Waals surface area (Å²) in [6, 6.07) is 3.93. The maximum atomic E-state index is 12.1. The third-order valence-electron chi connectivity index (χ3n) is 3.64. The molecule has 0 aromatic carbocycles. The lowest BCUT2D eigenvalue weighted by Crippen LogP contribution is -2.39. The van der Waals surface area contributed by atoms with E-state index in [-0.39, 0.29) is 6.09 Å². The maximum Gasteiger partial charge on any atom is 0.410 e. The second kappa shape index (κ2) is 5.48. The molecule has 5 heteroatoms. The molecule has 1 aliphatic rings. The summed E-state index contributed by atoms with van der Waals surface area (Å²) in [5.41, 5.74) is 3.92. The van der Waals surface area contributed by atoms with E-state index in [0.717, 1.165) is 23.0 Å². The van der Waals surface area contributed by atoms with Crippen molar-refractivity contribution in [2.75, 3.05) is 13.1 Å². The molecule has 22 heavy (non-hydrogen) atoms. The van der Waals surface area contributed by atoms with E-state index in [1.54, 1.807) is 11.1 Å². The molecule has 116 valence electrons. The Labute approximate surface area is 130 Å². The first kappa shape index (κ1) is 14.6. The van der Waals surface area contributed by atoms with Gasteiger partial charge in [-0.15, -0.1) is 0 Å². The van der Waals surface area contributed by atoms with E-state index in [2.05, 4.69) is 16.0 Å². The minimum atomic E-state index is -0.457. The average Bonchev–Trinajstić information content (AvgIpc) is 2.89. The van der Waals surface area contributed by atoms with Gasteiger partial charge in [-0.3, -0.25) is 4.98 Å². The van der Waals surface area contributed by atoms with Gasteiger partial charge in [0.1, 0.15) is 5.60 Å². The second-order valence-corrected chi connectivity index (χ2v) is 6.51. The normalized spacial score (nSPS) is 15.8. The van der Waals surface area contributed by atoms with Crippen molar-refractivity contribution in [3.63, 3.8) is 0 Å². The molecule has 1 N–H and O–H groups in total. The summed E-state index contributed by atoms with van der Waals surface area (Å²) in [6.45, 7) is 6.89. The lowest BCUT2D eigenvalue weighted by molar-refractivity contribution is 0.0270. The Bertz CT molecular complexity index is 725. The highest BCUT2D eigenvalue weighted by Gasteiger charge is 2.24. The summed E-state index contributed by atoms with van der Waals surface area (Å²) < 4.78 is 5.41. The molecule has 0 aliphatic carbocycles. The van der Waals surface area contributed by atoms with Crippen LogP contribution in [0.25, 0.3) is 16.6 Å². The molecule has 0 saturated carbocycles. The van der Waals surface area contributed by atoms with Crippen molar-refractivity contribution in [1.82, 2.24) is 14.9 Å². The fraction of sp³-hybridized carbons (Fsp3) is 0.412. The number of carbonyl (C=O) groups is 1. The van der Waals surface area contributed by atoms with Crippen molar-refractivity contribution in [3.8, 4) is 0 Å². The number of carbonyl (C=O) groups excluding carboxylic acids is 1. The number of nitrogens with one attached hydrogen (secondary N) is 1. The van der Waals surface area contributed by atoms with Crippen LogP contribution in [0.15, 0.2) is 30.6 Å². The van der Waals surface area contributed by atoms with Crippen LogP contribution in [-0.2, 0) is 4.74 Å². The zero-order valence-electron chi connectivity index (χ0n) is 13.2. The van der Waals surface area contributed by atoms with Gasteiger partial charge in [0, 0.05) is 31.0 Å². The molecule has 5 nitrogen and oxygen atoms in total. The number of ether oxygens (including phenoxy) is 1. The Morgan fingerprint density at radius 3 is 2.91 bits per heavy atom. The first-order chi connectivity index (χ1) is 10.4. The third-order valence-corrected chi connectivity index (χ3v) is 3.64. The van der Waals surface area contributed by atoms with Crippen LogP contribution >= 0.6 is 0 Å². The quantitative estimate of drug-likeness (QED) is 0.875. The number of hydrogen-bond donors (Lipinski definition) is 1. The minimum Gasteiger partial charge on any atom is -0.444 e. The summed E-state index contributed by atoms with van der Waals surface area (Å²) >= 11 is 0. The van der Waals surface area contributed by atoms with Gasteiger partial charge in [0.05, 0.1) is 11.0 Å². The number of aromatic nitrogens is 2. The Morgan fingerprint density at radius 2 is 2.23 bits per heavy atom. The average molecular weight is 299 g/mol. The maximum absolute atomic E-state index is 12.1. The van der Waals surface area contributed by atoms with Crippen molar-refractivity contribution in [2.45, 2.75) is 32.8 Å². The number of aromatic amines is 1. The summed E-state index contributed by atoms with van der Waals surface area (Å²) in [5, 5.41) is 0. The highest BCUT2D eigenvalue weighted by atomic mass is 16.6. The van der Waals surface area contributed by atoms with Crippen molar-refractivity contribution in [2.24, 2.45) is 0 Å². The molecule has 0 spiro atoms. The van der Waals surface area contributed by atoms with E-state index in [0.29, 0.717) is 13.1 Å². The van der Waals surface area contributed by atoms with Crippen molar-refractivity contribution >= 4 is 22.7 Å². The molecule has 0 bridgehead atoms. The Morgan fingerprint density at radius 1 is 1.41 bits per heavy atom. The molecule has 3 heterocycles. The Balaban J connectivity index is 1.75. The number of rotatable bonds is 1. The summed E-state index contributed by atoms with van der Waals surface area (Å²) in [4.78, 5) is 21.5. The first-order valence-electron chi connectivity index (χ1n) is 7.53. The van der Waals surface area contributed by atoms with Crippen molar-refractivity contribution < 1.29 is 9.53 Å². The smallest absolute Gasteiger partial charge is 0.410 e.